The van der Waals surface area contributed by atoms with Gasteiger partial charge in [0.2, 0.25) is 0 Å². The van der Waals surface area contributed by atoms with Crippen molar-refractivity contribution in [3.8, 4) is 0 Å². The largest absolute Gasteiger partial charge is 0.302 e. The molecule has 0 saturated heterocycles. The van der Waals surface area contributed by atoms with Crippen molar-refractivity contribution < 1.29 is 4.79 Å². The Labute approximate surface area is 108 Å². The molecule has 2 rings (SSSR count). The van der Waals surface area contributed by atoms with Crippen molar-refractivity contribution in [3.63, 3.8) is 0 Å². The summed E-state index contributed by atoms with van der Waals surface area (Å²) in [6.45, 7) is 4.02. The first-order chi connectivity index (χ1) is 8.64. The third-order valence-corrected chi connectivity index (χ3v) is 3.29. The van der Waals surface area contributed by atoms with Gasteiger partial charge in [-0.2, -0.15) is 0 Å². The van der Waals surface area contributed by atoms with Gasteiger partial charge in [-0.25, -0.2) is 0 Å². The van der Waals surface area contributed by atoms with Crippen molar-refractivity contribution in [2.45, 2.75) is 25.7 Å². The number of benzene rings is 1. The van der Waals surface area contributed by atoms with Crippen molar-refractivity contribution in [2.75, 3.05) is 0 Å². The van der Waals surface area contributed by atoms with Gasteiger partial charge in [-0.15, -0.1) is 0 Å². The molecule has 1 aromatic heterocycles. The summed E-state index contributed by atoms with van der Waals surface area (Å²) in [6.07, 6.45) is 5.26. The number of pyridine rings is 1. The molecular formula is C16H17NO. The molecule has 0 fully saturated rings. The second kappa shape index (κ2) is 5.13. The quantitative estimate of drug-likeness (QED) is 0.767. The summed E-state index contributed by atoms with van der Waals surface area (Å²) < 4.78 is 0. The fourth-order valence-electron chi connectivity index (χ4n) is 2.07. The van der Waals surface area contributed by atoms with Crippen LogP contribution in [-0.2, 0) is 16.6 Å². The summed E-state index contributed by atoms with van der Waals surface area (Å²) >= 11 is 0. The zero-order chi connectivity index (χ0) is 13.0. The molecule has 0 N–H and O–H groups in total. The molecule has 2 heteroatoms. The van der Waals surface area contributed by atoms with E-state index >= 15 is 0 Å². The molecule has 0 aliphatic rings. The van der Waals surface area contributed by atoms with E-state index < -0.39 is 5.41 Å². The van der Waals surface area contributed by atoms with Crippen LogP contribution in [0.4, 0.5) is 0 Å². The lowest BCUT2D eigenvalue weighted by atomic mass is 9.78. The molecule has 2 nitrogen and oxygen atoms in total. The Morgan fingerprint density at radius 1 is 1.11 bits per heavy atom. The molecule has 18 heavy (non-hydrogen) atoms. The molecule has 1 unspecified atom stereocenters. The number of nitrogens with zero attached hydrogens (tertiary/aromatic N) is 1. The van der Waals surface area contributed by atoms with Crippen molar-refractivity contribution in [2.24, 2.45) is 0 Å². The Bertz CT molecular complexity index is 519. The van der Waals surface area contributed by atoms with Gasteiger partial charge in [0, 0.05) is 12.4 Å². The lowest BCUT2D eigenvalue weighted by Crippen LogP contribution is -2.26. The van der Waals surface area contributed by atoms with E-state index in [1.54, 1.807) is 12.4 Å². The van der Waals surface area contributed by atoms with E-state index in [1.807, 2.05) is 50.2 Å². The summed E-state index contributed by atoms with van der Waals surface area (Å²) in [7, 11) is 0. The molecule has 0 aliphatic carbocycles. The maximum Gasteiger partial charge on any atom is 0.130 e. The Hall–Kier alpha value is -1.96. The van der Waals surface area contributed by atoms with Gasteiger partial charge in [-0.1, -0.05) is 29.8 Å². The molecule has 2 aromatic rings. The Kier molecular flexibility index (Phi) is 3.56. The highest BCUT2D eigenvalue weighted by atomic mass is 16.1. The zero-order valence-electron chi connectivity index (χ0n) is 10.8. The van der Waals surface area contributed by atoms with Crippen LogP contribution in [0.2, 0.25) is 0 Å². The fourth-order valence-corrected chi connectivity index (χ4v) is 2.07. The Morgan fingerprint density at radius 2 is 1.72 bits per heavy atom. The summed E-state index contributed by atoms with van der Waals surface area (Å²) in [6, 6.07) is 12.1. The molecule has 1 heterocycles. The highest BCUT2D eigenvalue weighted by molar-refractivity contribution is 5.68. The van der Waals surface area contributed by atoms with Crippen LogP contribution in [0.25, 0.3) is 0 Å². The van der Waals surface area contributed by atoms with E-state index in [9.17, 15) is 4.79 Å². The molecule has 0 saturated carbocycles. The van der Waals surface area contributed by atoms with Gasteiger partial charge in [0.05, 0.1) is 5.41 Å². The maximum atomic E-state index is 11.5. The molecule has 1 atom stereocenters. The van der Waals surface area contributed by atoms with Crippen LogP contribution in [0.5, 0.6) is 0 Å². The van der Waals surface area contributed by atoms with E-state index in [0.717, 1.165) is 17.4 Å². The van der Waals surface area contributed by atoms with Crippen molar-refractivity contribution in [3.05, 3.63) is 65.5 Å². The number of carbonyl (C=O) groups excluding carboxylic acids is 1. The van der Waals surface area contributed by atoms with Gasteiger partial charge >= 0.3 is 0 Å². The van der Waals surface area contributed by atoms with Crippen molar-refractivity contribution in [1.82, 2.24) is 4.98 Å². The predicted octanol–water partition coefficient (Wildman–Crippen LogP) is 3.09. The van der Waals surface area contributed by atoms with E-state index in [1.165, 1.54) is 5.56 Å². The molecule has 0 aliphatic heterocycles. The monoisotopic (exact) mass is 239 g/mol. The first-order valence-electron chi connectivity index (χ1n) is 6.06. The number of aldehydes is 1. The van der Waals surface area contributed by atoms with Gasteiger partial charge in [0.1, 0.15) is 6.29 Å². The van der Waals surface area contributed by atoms with E-state index in [4.69, 9.17) is 0 Å². The predicted molar refractivity (Wildman–Crippen MR) is 72.5 cm³/mol. The summed E-state index contributed by atoms with van der Waals surface area (Å²) in [4.78, 5) is 15.5. The van der Waals surface area contributed by atoms with Gasteiger partial charge in [0.25, 0.3) is 0 Å². The van der Waals surface area contributed by atoms with Crippen molar-refractivity contribution >= 4 is 6.29 Å². The average molecular weight is 239 g/mol. The van der Waals surface area contributed by atoms with Crippen LogP contribution < -0.4 is 0 Å². The topological polar surface area (TPSA) is 30.0 Å². The second-order valence-electron chi connectivity index (χ2n) is 4.93. The molecule has 0 spiro atoms. The third kappa shape index (κ3) is 2.65. The lowest BCUT2D eigenvalue weighted by molar-refractivity contribution is -0.112. The average Bonchev–Trinajstić information content (AvgIpc) is 2.40. The van der Waals surface area contributed by atoms with E-state index in [0.29, 0.717) is 6.42 Å². The first kappa shape index (κ1) is 12.5. The molecule has 0 amide bonds. The number of hydrogen-bond acceptors (Lipinski definition) is 2. The molecule has 1 aromatic carbocycles. The minimum Gasteiger partial charge on any atom is -0.302 e. The number of aromatic nitrogens is 1. The second-order valence-corrected chi connectivity index (χ2v) is 4.93. The number of aryl methyl sites for hydroxylation is 1. The molecule has 0 radical (unpaired) electrons. The maximum absolute atomic E-state index is 11.5. The van der Waals surface area contributed by atoms with Gasteiger partial charge in [0.15, 0.2) is 0 Å². The van der Waals surface area contributed by atoms with Crippen LogP contribution in [-0.4, -0.2) is 11.3 Å². The third-order valence-electron chi connectivity index (χ3n) is 3.29. The highest BCUT2D eigenvalue weighted by Crippen LogP contribution is 2.26. The van der Waals surface area contributed by atoms with Crippen LogP contribution in [0.3, 0.4) is 0 Å². The standard InChI is InChI=1S/C16H17NO/c1-13-3-5-15(6-4-13)16(2,12-18)11-14-7-9-17-10-8-14/h3-10,12H,11H2,1-2H3. The van der Waals surface area contributed by atoms with E-state index in [-0.39, 0.29) is 0 Å². The smallest absolute Gasteiger partial charge is 0.130 e. The minimum absolute atomic E-state index is 0.477. The summed E-state index contributed by atoms with van der Waals surface area (Å²) in [5.41, 5.74) is 2.91. The van der Waals surface area contributed by atoms with Crippen LogP contribution in [0.1, 0.15) is 23.6 Å². The van der Waals surface area contributed by atoms with E-state index in [2.05, 4.69) is 4.98 Å². The lowest BCUT2D eigenvalue weighted by Gasteiger charge is -2.24. The number of hydrogen-bond donors (Lipinski definition) is 0. The number of rotatable bonds is 4. The normalized spacial score (nSPS) is 13.9. The van der Waals surface area contributed by atoms with Gasteiger partial charge in [-0.3, -0.25) is 4.98 Å². The Balaban J connectivity index is 2.30. The summed E-state index contributed by atoms with van der Waals surface area (Å²) in [5, 5.41) is 0. The van der Waals surface area contributed by atoms with Gasteiger partial charge < -0.3 is 4.79 Å². The van der Waals surface area contributed by atoms with Crippen molar-refractivity contribution in [1.29, 1.82) is 0 Å². The molecule has 92 valence electrons. The van der Waals surface area contributed by atoms with Gasteiger partial charge in [-0.05, 0) is 43.5 Å². The Morgan fingerprint density at radius 3 is 2.28 bits per heavy atom. The van der Waals surface area contributed by atoms with Crippen LogP contribution in [0.15, 0.2) is 48.8 Å². The minimum atomic E-state index is -0.477. The van der Waals surface area contributed by atoms with Crippen LogP contribution in [0, 0.1) is 6.92 Å². The zero-order valence-corrected chi connectivity index (χ0v) is 10.8. The van der Waals surface area contributed by atoms with Crippen LogP contribution >= 0.6 is 0 Å². The SMILES string of the molecule is Cc1ccc(C(C)(C=O)Cc2ccncc2)cc1. The summed E-state index contributed by atoms with van der Waals surface area (Å²) in [5.74, 6) is 0. The molecule has 0 bridgehead atoms. The number of carbonyl (C=O) groups is 1. The first-order valence-corrected chi connectivity index (χ1v) is 6.06. The molecular weight excluding hydrogens is 222 g/mol. The fraction of sp³-hybridized carbons (Fsp3) is 0.250. The highest BCUT2D eigenvalue weighted by Gasteiger charge is 2.26.